The first-order valence-electron chi connectivity index (χ1n) is 9.38. The molecule has 1 heterocycles. The predicted molar refractivity (Wildman–Crippen MR) is 112 cm³/mol. The number of nitrogens with zero attached hydrogens (tertiary/aromatic N) is 3. The number of pyridine rings is 1. The number of hydrogen-bond donors (Lipinski definition) is 0. The fourth-order valence-corrected chi connectivity index (χ4v) is 3.61. The molecule has 148 valence electrons. The van der Waals surface area contributed by atoms with Gasteiger partial charge in [-0.2, -0.15) is 4.57 Å². The van der Waals surface area contributed by atoms with Crippen LogP contribution in [0.3, 0.4) is 0 Å². The number of rotatable bonds is 6. The number of hydrogen-bond acceptors (Lipinski definition) is 4. The lowest BCUT2D eigenvalue weighted by Crippen LogP contribution is -2.35. The van der Waals surface area contributed by atoms with Crippen molar-refractivity contribution in [1.29, 1.82) is 0 Å². The molecule has 0 spiro atoms. The fraction of sp³-hybridized carbons (Fsp3) is 0.0870. The SMILES string of the molecule is O=[N+]([O-])c1ccc(Cc2cc[n+](Cc3ccccc3)c3ccccc23)c([N+](=O)[O-])c1. The molecule has 0 fully saturated rings. The van der Waals surface area contributed by atoms with Gasteiger partial charge in [-0.25, -0.2) is 0 Å². The van der Waals surface area contributed by atoms with Gasteiger partial charge >= 0.3 is 0 Å². The second-order valence-corrected chi connectivity index (χ2v) is 6.98. The quantitative estimate of drug-likeness (QED) is 0.269. The third-order valence-electron chi connectivity index (χ3n) is 5.07. The van der Waals surface area contributed by atoms with E-state index in [2.05, 4.69) is 16.7 Å². The van der Waals surface area contributed by atoms with Gasteiger partial charge < -0.3 is 0 Å². The smallest absolute Gasteiger partial charge is 0.258 e. The Morgan fingerprint density at radius 3 is 2.23 bits per heavy atom. The molecule has 0 saturated carbocycles. The minimum absolute atomic E-state index is 0.241. The molecule has 4 aromatic rings. The van der Waals surface area contributed by atoms with Gasteiger partial charge in [0.2, 0.25) is 5.52 Å². The average Bonchev–Trinajstić information content (AvgIpc) is 2.76. The van der Waals surface area contributed by atoms with Crippen LogP contribution < -0.4 is 4.57 Å². The summed E-state index contributed by atoms with van der Waals surface area (Å²) in [5.41, 5.74) is 3.02. The van der Waals surface area contributed by atoms with E-state index < -0.39 is 9.85 Å². The van der Waals surface area contributed by atoms with Gasteiger partial charge in [-0.1, -0.05) is 42.5 Å². The van der Waals surface area contributed by atoms with Crippen LogP contribution in [-0.2, 0) is 13.0 Å². The molecule has 0 amide bonds. The average molecular weight is 400 g/mol. The van der Waals surface area contributed by atoms with Crippen molar-refractivity contribution in [2.45, 2.75) is 13.0 Å². The van der Waals surface area contributed by atoms with Gasteiger partial charge in [0.1, 0.15) is 0 Å². The van der Waals surface area contributed by atoms with Crippen molar-refractivity contribution in [2.75, 3.05) is 0 Å². The van der Waals surface area contributed by atoms with E-state index in [1.807, 2.05) is 54.7 Å². The number of nitro groups is 2. The first-order valence-corrected chi connectivity index (χ1v) is 9.38. The summed E-state index contributed by atoms with van der Waals surface area (Å²) in [5.74, 6) is 0. The number of benzene rings is 3. The molecule has 0 aliphatic rings. The van der Waals surface area contributed by atoms with Crippen molar-refractivity contribution in [3.8, 4) is 0 Å². The highest BCUT2D eigenvalue weighted by Crippen LogP contribution is 2.28. The van der Waals surface area contributed by atoms with Crippen molar-refractivity contribution >= 4 is 22.3 Å². The highest BCUT2D eigenvalue weighted by atomic mass is 16.6. The van der Waals surface area contributed by atoms with Crippen LogP contribution in [0.25, 0.3) is 10.9 Å². The molecule has 0 radical (unpaired) electrons. The van der Waals surface area contributed by atoms with Crippen LogP contribution in [0.15, 0.2) is 85.1 Å². The lowest BCUT2D eigenvalue weighted by atomic mass is 9.99. The van der Waals surface area contributed by atoms with Gasteiger partial charge in [0.05, 0.1) is 15.9 Å². The normalized spacial score (nSPS) is 10.8. The third kappa shape index (κ3) is 3.86. The Morgan fingerprint density at radius 2 is 1.50 bits per heavy atom. The van der Waals surface area contributed by atoms with Crippen molar-refractivity contribution < 1.29 is 14.4 Å². The summed E-state index contributed by atoms with van der Waals surface area (Å²) >= 11 is 0. The molecule has 7 heteroatoms. The minimum atomic E-state index is -0.624. The van der Waals surface area contributed by atoms with E-state index in [1.165, 1.54) is 17.7 Å². The molecule has 0 aliphatic heterocycles. The highest BCUT2D eigenvalue weighted by molar-refractivity contribution is 5.80. The largest absolute Gasteiger partial charge is 0.279 e. The zero-order valence-corrected chi connectivity index (χ0v) is 16.0. The maximum atomic E-state index is 11.5. The van der Waals surface area contributed by atoms with Gasteiger partial charge in [0.15, 0.2) is 12.7 Å². The van der Waals surface area contributed by atoms with Crippen molar-refractivity contribution in [3.05, 3.63) is 122 Å². The zero-order chi connectivity index (χ0) is 21.1. The fourth-order valence-electron chi connectivity index (χ4n) is 3.61. The van der Waals surface area contributed by atoms with Crippen LogP contribution in [0.5, 0.6) is 0 Å². The summed E-state index contributed by atoms with van der Waals surface area (Å²) in [4.78, 5) is 21.3. The van der Waals surface area contributed by atoms with E-state index in [1.54, 1.807) is 0 Å². The Hall–Kier alpha value is -4.13. The summed E-state index contributed by atoms with van der Waals surface area (Å²) in [6, 6.07) is 23.8. The van der Waals surface area contributed by atoms with Crippen LogP contribution in [0.4, 0.5) is 11.4 Å². The molecule has 3 aromatic carbocycles. The van der Waals surface area contributed by atoms with Crippen molar-refractivity contribution in [3.63, 3.8) is 0 Å². The molecule has 0 bridgehead atoms. The Morgan fingerprint density at radius 1 is 0.767 bits per heavy atom. The number of nitro benzene ring substituents is 2. The van der Waals surface area contributed by atoms with E-state index >= 15 is 0 Å². The van der Waals surface area contributed by atoms with Crippen LogP contribution in [-0.4, -0.2) is 9.85 Å². The first kappa shape index (κ1) is 19.2. The van der Waals surface area contributed by atoms with Crippen LogP contribution in [0, 0.1) is 20.2 Å². The lowest BCUT2D eigenvalue weighted by Gasteiger charge is -2.08. The monoisotopic (exact) mass is 400 g/mol. The van der Waals surface area contributed by atoms with Crippen LogP contribution >= 0.6 is 0 Å². The van der Waals surface area contributed by atoms with Crippen molar-refractivity contribution in [2.24, 2.45) is 0 Å². The topological polar surface area (TPSA) is 90.2 Å². The summed E-state index contributed by atoms with van der Waals surface area (Å²) in [6.45, 7) is 0.708. The summed E-state index contributed by atoms with van der Waals surface area (Å²) < 4.78 is 2.14. The molecule has 0 N–H and O–H groups in total. The maximum Gasteiger partial charge on any atom is 0.279 e. The van der Waals surface area contributed by atoms with Crippen molar-refractivity contribution in [1.82, 2.24) is 0 Å². The van der Waals surface area contributed by atoms with E-state index in [9.17, 15) is 20.2 Å². The molecule has 0 unspecified atom stereocenters. The molecule has 0 atom stereocenters. The molecule has 7 nitrogen and oxygen atoms in total. The van der Waals surface area contributed by atoms with Gasteiger partial charge in [-0.3, -0.25) is 20.2 Å². The summed E-state index contributed by atoms with van der Waals surface area (Å²) in [7, 11) is 0. The molecule has 0 saturated heterocycles. The second-order valence-electron chi connectivity index (χ2n) is 6.98. The third-order valence-corrected chi connectivity index (χ3v) is 5.07. The van der Waals surface area contributed by atoms with Gasteiger partial charge in [-0.05, 0) is 17.7 Å². The lowest BCUT2D eigenvalue weighted by molar-refractivity contribution is -0.662. The highest BCUT2D eigenvalue weighted by Gasteiger charge is 2.21. The molecule has 30 heavy (non-hydrogen) atoms. The van der Waals surface area contributed by atoms with E-state index in [4.69, 9.17) is 0 Å². The molecule has 1 aromatic heterocycles. The Kier molecular flexibility index (Phi) is 5.17. The molecule has 0 aliphatic carbocycles. The van der Waals surface area contributed by atoms with Crippen LogP contribution in [0.2, 0.25) is 0 Å². The number of non-ortho nitro benzene ring substituents is 1. The van der Waals surface area contributed by atoms with Gasteiger partial charge in [0.25, 0.3) is 11.4 Å². The summed E-state index contributed by atoms with van der Waals surface area (Å²) in [5, 5.41) is 23.5. The molecule has 4 rings (SSSR count). The van der Waals surface area contributed by atoms with Gasteiger partial charge in [-0.15, -0.1) is 0 Å². The second kappa shape index (κ2) is 8.08. The Labute approximate surface area is 172 Å². The standard InChI is InChI=1S/C23H18N3O4/c27-25(28)20-11-10-19(23(15-20)26(29)30)14-18-12-13-24(16-17-6-2-1-3-7-17)22-9-5-4-8-21(18)22/h1-13,15H,14,16H2/q+1. The minimum Gasteiger partial charge on any atom is -0.258 e. The Balaban J connectivity index is 1.75. The number of aromatic nitrogens is 1. The van der Waals surface area contributed by atoms with Gasteiger partial charge in [0, 0.05) is 41.1 Å². The summed E-state index contributed by atoms with van der Waals surface area (Å²) in [6.07, 6.45) is 2.28. The first-order chi connectivity index (χ1) is 14.5. The van der Waals surface area contributed by atoms with E-state index in [0.717, 1.165) is 22.5 Å². The van der Waals surface area contributed by atoms with Crippen LogP contribution in [0.1, 0.15) is 16.7 Å². The number of fused-ring (bicyclic) bond motifs is 1. The predicted octanol–water partition coefficient (Wildman–Crippen LogP) is 4.58. The Bertz CT molecular complexity index is 1260. The molecular formula is C23H18N3O4+. The zero-order valence-electron chi connectivity index (χ0n) is 16.0. The van der Waals surface area contributed by atoms with E-state index in [0.29, 0.717) is 18.5 Å². The number of para-hydroxylation sites is 1. The maximum absolute atomic E-state index is 11.5. The van der Waals surface area contributed by atoms with E-state index in [-0.39, 0.29) is 11.4 Å². The molecular weight excluding hydrogens is 382 g/mol.